The number of aromatic nitrogens is 1. The van der Waals surface area contributed by atoms with Gasteiger partial charge in [-0.3, -0.25) is 4.79 Å². The molecule has 2 aliphatic rings. The summed E-state index contributed by atoms with van der Waals surface area (Å²) in [6, 6.07) is 2.84. The highest BCUT2D eigenvalue weighted by molar-refractivity contribution is 5.86. The minimum Gasteiger partial charge on any atom is -0.474 e. The highest BCUT2D eigenvalue weighted by Gasteiger charge is 2.23. The van der Waals surface area contributed by atoms with Crippen LogP contribution in [-0.2, 0) is 11.3 Å². The van der Waals surface area contributed by atoms with Crippen LogP contribution in [0.15, 0.2) is 18.3 Å². The lowest BCUT2D eigenvalue weighted by atomic mass is 10.1. The van der Waals surface area contributed by atoms with E-state index in [1.54, 1.807) is 13.1 Å². The lowest BCUT2D eigenvalue weighted by Crippen LogP contribution is -2.50. The molecule has 2 N–H and O–H groups in total. The number of likely N-dealkylation sites (tertiary alicyclic amines) is 1. The van der Waals surface area contributed by atoms with Gasteiger partial charge in [0.15, 0.2) is 0 Å². The normalized spacial score (nSPS) is 18.8. The maximum absolute atomic E-state index is 12.4. The van der Waals surface area contributed by atoms with Crippen molar-refractivity contribution in [3.8, 4) is 5.88 Å². The SMILES string of the molecule is C[C@H](NC(=O)NCc1cccnc1OC1CCCC1)C(=O)N1CCCCC1. The summed E-state index contributed by atoms with van der Waals surface area (Å²) in [5.41, 5.74) is 0.842. The zero-order valence-corrected chi connectivity index (χ0v) is 16.1. The van der Waals surface area contributed by atoms with Gasteiger partial charge in [-0.15, -0.1) is 0 Å². The molecule has 7 heteroatoms. The first-order valence-electron chi connectivity index (χ1n) is 10.1. The average molecular weight is 374 g/mol. The molecule has 27 heavy (non-hydrogen) atoms. The number of pyridine rings is 1. The molecule has 2 fully saturated rings. The van der Waals surface area contributed by atoms with Crippen molar-refractivity contribution in [3.05, 3.63) is 23.9 Å². The monoisotopic (exact) mass is 374 g/mol. The summed E-state index contributed by atoms with van der Waals surface area (Å²) in [6.07, 6.45) is 9.66. The molecule has 1 aromatic rings. The Morgan fingerprint density at radius 2 is 1.96 bits per heavy atom. The molecule has 2 heterocycles. The van der Waals surface area contributed by atoms with Crippen LogP contribution in [0.1, 0.15) is 57.4 Å². The molecule has 0 aromatic carbocycles. The minimum atomic E-state index is -0.536. The maximum atomic E-state index is 12.4. The highest BCUT2D eigenvalue weighted by Crippen LogP contribution is 2.24. The molecular weight excluding hydrogens is 344 g/mol. The van der Waals surface area contributed by atoms with E-state index in [4.69, 9.17) is 4.74 Å². The summed E-state index contributed by atoms with van der Waals surface area (Å²) in [4.78, 5) is 30.8. The number of hydrogen-bond acceptors (Lipinski definition) is 4. The minimum absolute atomic E-state index is 0.0171. The predicted octanol–water partition coefficient (Wildman–Crippen LogP) is 2.60. The molecule has 0 unspecified atom stereocenters. The van der Waals surface area contributed by atoms with Crippen molar-refractivity contribution in [1.82, 2.24) is 20.5 Å². The van der Waals surface area contributed by atoms with Crippen LogP contribution in [0.25, 0.3) is 0 Å². The number of nitrogens with zero attached hydrogens (tertiary/aromatic N) is 2. The van der Waals surface area contributed by atoms with E-state index in [1.165, 1.54) is 19.3 Å². The first-order valence-corrected chi connectivity index (χ1v) is 10.1. The van der Waals surface area contributed by atoms with Gasteiger partial charge in [0.05, 0.1) is 0 Å². The lowest BCUT2D eigenvalue weighted by Gasteiger charge is -2.29. The van der Waals surface area contributed by atoms with Gasteiger partial charge in [-0.1, -0.05) is 6.07 Å². The van der Waals surface area contributed by atoms with Gasteiger partial charge in [0.1, 0.15) is 12.1 Å². The number of carbonyl (C=O) groups excluding carboxylic acids is 2. The smallest absolute Gasteiger partial charge is 0.315 e. The maximum Gasteiger partial charge on any atom is 0.315 e. The van der Waals surface area contributed by atoms with Gasteiger partial charge in [-0.2, -0.15) is 0 Å². The molecule has 1 saturated carbocycles. The highest BCUT2D eigenvalue weighted by atomic mass is 16.5. The molecule has 1 saturated heterocycles. The summed E-state index contributed by atoms with van der Waals surface area (Å²) in [5, 5.41) is 5.55. The van der Waals surface area contributed by atoms with Gasteiger partial charge in [0, 0.05) is 31.4 Å². The van der Waals surface area contributed by atoms with E-state index in [0.29, 0.717) is 12.4 Å². The Balaban J connectivity index is 1.47. The second-order valence-electron chi connectivity index (χ2n) is 7.43. The average Bonchev–Trinajstić information content (AvgIpc) is 3.20. The fourth-order valence-electron chi connectivity index (χ4n) is 3.70. The molecule has 1 aliphatic carbocycles. The van der Waals surface area contributed by atoms with E-state index in [1.807, 2.05) is 17.0 Å². The Hall–Kier alpha value is -2.31. The van der Waals surface area contributed by atoms with Crippen molar-refractivity contribution < 1.29 is 14.3 Å². The number of nitrogens with one attached hydrogen (secondary N) is 2. The Kier molecular flexibility index (Phi) is 6.90. The Morgan fingerprint density at radius 3 is 2.70 bits per heavy atom. The number of piperidine rings is 1. The Bertz CT molecular complexity index is 640. The van der Waals surface area contributed by atoms with Crippen LogP contribution in [0.4, 0.5) is 4.79 Å². The molecule has 148 valence electrons. The third-order valence-corrected chi connectivity index (χ3v) is 5.26. The Labute approximate surface area is 160 Å². The van der Waals surface area contributed by atoms with E-state index in [0.717, 1.165) is 44.3 Å². The van der Waals surface area contributed by atoms with E-state index < -0.39 is 6.04 Å². The molecular formula is C20H30N4O3. The van der Waals surface area contributed by atoms with Crippen molar-refractivity contribution in [2.45, 2.75) is 70.6 Å². The molecule has 3 amide bonds. The first kappa shape index (κ1) is 19.5. The van der Waals surface area contributed by atoms with E-state index in [2.05, 4.69) is 15.6 Å². The second-order valence-corrected chi connectivity index (χ2v) is 7.43. The standard InChI is InChI=1S/C20H30N4O3/c1-15(19(25)24-12-5-2-6-13-24)23-20(26)22-14-16-8-7-11-21-18(16)27-17-9-3-4-10-17/h7-8,11,15,17H,2-6,9-10,12-14H2,1H3,(H2,22,23,26)/t15-/m0/s1. The van der Waals surface area contributed by atoms with Crippen LogP contribution in [0.5, 0.6) is 5.88 Å². The van der Waals surface area contributed by atoms with Crippen LogP contribution in [0, 0.1) is 0 Å². The Morgan fingerprint density at radius 1 is 1.22 bits per heavy atom. The molecule has 0 radical (unpaired) electrons. The van der Waals surface area contributed by atoms with Crippen molar-refractivity contribution in [1.29, 1.82) is 0 Å². The third-order valence-electron chi connectivity index (χ3n) is 5.26. The molecule has 0 bridgehead atoms. The second kappa shape index (κ2) is 9.58. The molecule has 1 atom stereocenters. The van der Waals surface area contributed by atoms with Crippen molar-refractivity contribution in [2.75, 3.05) is 13.1 Å². The summed E-state index contributed by atoms with van der Waals surface area (Å²) in [6.45, 7) is 3.61. The fraction of sp³-hybridized carbons (Fsp3) is 0.650. The summed E-state index contributed by atoms with van der Waals surface area (Å²) in [5.74, 6) is 0.568. The summed E-state index contributed by atoms with van der Waals surface area (Å²) in [7, 11) is 0. The van der Waals surface area contributed by atoms with Gasteiger partial charge in [-0.05, 0) is 57.9 Å². The third kappa shape index (κ3) is 5.58. The van der Waals surface area contributed by atoms with E-state index in [9.17, 15) is 9.59 Å². The van der Waals surface area contributed by atoms with E-state index >= 15 is 0 Å². The van der Waals surface area contributed by atoms with Gasteiger partial charge in [0.25, 0.3) is 0 Å². The fourth-order valence-corrected chi connectivity index (χ4v) is 3.70. The quantitative estimate of drug-likeness (QED) is 0.802. The van der Waals surface area contributed by atoms with Crippen molar-refractivity contribution in [3.63, 3.8) is 0 Å². The van der Waals surface area contributed by atoms with Crippen LogP contribution >= 0.6 is 0 Å². The van der Waals surface area contributed by atoms with Crippen LogP contribution in [0.2, 0.25) is 0 Å². The molecule has 0 spiro atoms. The number of carbonyl (C=O) groups is 2. The van der Waals surface area contributed by atoms with Crippen LogP contribution < -0.4 is 15.4 Å². The topological polar surface area (TPSA) is 83.6 Å². The van der Waals surface area contributed by atoms with Gasteiger partial charge >= 0.3 is 6.03 Å². The van der Waals surface area contributed by atoms with Crippen molar-refractivity contribution in [2.24, 2.45) is 0 Å². The van der Waals surface area contributed by atoms with Gasteiger partial charge in [-0.25, -0.2) is 9.78 Å². The molecule has 3 rings (SSSR count). The number of ether oxygens (including phenoxy) is 1. The number of urea groups is 1. The number of hydrogen-bond donors (Lipinski definition) is 2. The van der Waals surface area contributed by atoms with Crippen molar-refractivity contribution >= 4 is 11.9 Å². The number of rotatable bonds is 6. The molecule has 1 aromatic heterocycles. The zero-order valence-electron chi connectivity index (χ0n) is 16.1. The van der Waals surface area contributed by atoms with Crippen LogP contribution in [-0.4, -0.2) is 47.1 Å². The zero-order chi connectivity index (χ0) is 19.1. The predicted molar refractivity (Wildman–Crippen MR) is 102 cm³/mol. The van der Waals surface area contributed by atoms with Gasteiger partial charge in [0.2, 0.25) is 11.8 Å². The first-order chi connectivity index (χ1) is 13.1. The summed E-state index contributed by atoms with van der Waals surface area (Å²) >= 11 is 0. The summed E-state index contributed by atoms with van der Waals surface area (Å²) < 4.78 is 5.99. The van der Waals surface area contributed by atoms with Crippen LogP contribution in [0.3, 0.4) is 0 Å². The lowest BCUT2D eigenvalue weighted by molar-refractivity contribution is -0.133. The van der Waals surface area contributed by atoms with Gasteiger partial charge < -0.3 is 20.3 Å². The largest absolute Gasteiger partial charge is 0.474 e. The molecule has 1 aliphatic heterocycles. The van der Waals surface area contributed by atoms with E-state index in [-0.39, 0.29) is 18.0 Å². The molecule has 7 nitrogen and oxygen atoms in total. The number of amides is 3.